The highest BCUT2D eigenvalue weighted by Gasteiger charge is 2.15. The van der Waals surface area contributed by atoms with Crippen LogP contribution in [0.2, 0.25) is 0 Å². The predicted octanol–water partition coefficient (Wildman–Crippen LogP) is 1.32. The van der Waals surface area contributed by atoms with Gasteiger partial charge in [0, 0.05) is 0 Å². The first-order chi connectivity index (χ1) is 8.16. The van der Waals surface area contributed by atoms with E-state index in [4.69, 9.17) is 18.8 Å². The van der Waals surface area contributed by atoms with E-state index in [2.05, 4.69) is 10.1 Å². The second kappa shape index (κ2) is 4.79. The molecular formula is C10H10N2O5. The molecule has 0 fully saturated rings. The highest BCUT2D eigenvalue weighted by atomic mass is 16.5. The van der Waals surface area contributed by atoms with Crippen molar-refractivity contribution in [1.29, 1.82) is 0 Å². The summed E-state index contributed by atoms with van der Waals surface area (Å²) in [6.07, 6.45) is 0.572. The molecule has 0 aliphatic carbocycles. The molecular weight excluding hydrogens is 228 g/mol. The van der Waals surface area contributed by atoms with Crippen molar-refractivity contribution in [3.05, 3.63) is 24.2 Å². The maximum absolute atomic E-state index is 10.5. The minimum atomic E-state index is -1.04. The molecule has 2 rings (SSSR count). The van der Waals surface area contributed by atoms with Gasteiger partial charge < -0.3 is 18.8 Å². The van der Waals surface area contributed by atoms with Crippen LogP contribution in [0.5, 0.6) is 0 Å². The maximum atomic E-state index is 10.5. The summed E-state index contributed by atoms with van der Waals surface area (Å²) in [6, 6.07) is 3.38. The van der Waals surface area contributed by atoms with Crippen LogP contribution in [0.15, 0.2) is 27.3 Å². The Kier molecular flexibility index (Phi) is 3.20. The number of nitrogens with zero attached hydrogens (tertiary/aromatic N) is 2. The number of furan rings is 1. The van der Waals surface area contributed by atoms with Gasteiger partial charge in [0.1, 0.15) is 6.61 Å². The summed E-state index contributed by atoms with van der Waals surface area (Å²) in [5.74, 6) is -0.0872. The predicted molar refractivity (Wildman–Crippen MR) is 53.9 cm³/mol. The molecule has 90 valence electrons. The van der Waals surface area contributed by atoms with E-state index in [9.17, 15) is 4.79 Å². The fourth-order valence-corrected chi connectivity index (χ4v) is 1.08. The van der Waals surface area contributed by atoms with Crippen LogP contribution in [0.25, 0.3) is 11.7 Å². The molecule has 0 aliphatic rings. The Morgan fingerprint density at radius 2 is 2.47 bits per heavy atom. The number of carboxylic acid groups (broad SMARTS) is 1. The Labute approximate surface area is 96.0 Å². The highest BCUT2D eigenvalue weighted by molar-refractivity contribution is 5.71. The number of carbonyl (C=O) groups is 1. The van der Waals surface area contributed by atoms with Crippen LogP contribution in [0.1, 0.15) is 12.7 Å². The zero-order valence-corrected chi connectivity index (χ0v) is 8.99. The number of rotatable bonds is 5. The molecule has 0 aliphatic heterocycles. The van der Waals surface area contributed by atoms with Gasteiger partial charge in [-0.2, -0.15) is 4.98 Å². The first kappa shape index (κ1) is 11.3. The van der Waals surface area contributed by atoms with Crippen LogP contribution in [0, 0.1) is 0 Å². The molecule has 0 aromatic carbocycles. The normalized spacial score (nSPS) is 12.5. The summed E-state index contributed by atoms with van der Waals surface area (Å²) in [4.78, 5) is 14.5. The van der Waals surface area contributed by atoms with E-state index < -0.39 is 12.1 Å². The topological polar surface area (TPSA) is 98.6 Å². The zero-order valence-electron chi connectivity index (χ0n) is 8.99. The molecule has 7 nitrogen and oxygen atoms in total. The van der Waals surface area contributed by atoms with Gasteiger partial charge in [0.15, 0.2) is 17.7 Å². The number of hydrogen-bond acceptors (Lipinski definition) is 6. The minimum Gasteiger partial charge on any atom is -0.479 e. The van der Waals surface area contributed by atoms with Crippen molar-refractivity contribution < 1.29 is 23.6 Å². The molecule has 0 saturated carbocycles. The molecule has 0 amide bonds. The summed E-state index contributed by atoms with van der Waals surface area (Å²) in [6.45, 7) is 1.40. The Morgan fingerprint density at radius 3 is 3.12 bits per heavy atom. The van der Waals surface area contributed by atoms with E-state index in [0.29, 0.717) is 5.76 Å². The number of aromatic nitrogens is 2. The first-order valence-electron chi connectivity index (χ1n) is 4.87. The standard InChI is InChI=1S/C10H10N2O5/c1-6(10(13)14)16-5-8-11-9(17-12-8)7-3-2-4-15-7/h2-4,6H,5H2,1H3,(H,13,14)/t6-/m1/s1. The molecule has 0 radical (unpaired) electrons. The molecule has 0 bridgehead atoms. The molecule has 1 N–H and O–H groups in total. The van der Waals surface area contributed by atoms with Crippen LogP contribution in [-0.4, -0.2) is 27.3 Å². The second-order valence-electron chi connectivity index (χ2n) is 3.28. The number of hydrogen-bond donors (Lipinski definition) is 1. The molecule has 0 saturated heterocycles. The van der Waals surface area contributed by atoms with Gasteiger partial charge in [0.25, 0.3) is 5.89 Å². The Balaban J connectivity index is 1.97. The Hall–Kier alpha value is -2.15. The SMILES string of the molecule is C[C@@H](OCc1noc(-c2ccco2)n1)C(=O)O. The lowest BCUT2D eigenvalue weighted by Gasteiger charge is -2.04. The zero-order chi connectivity index (χ0) is 12.3. The minimum absolute atomic E-state index is 0.0301. The Morgan fingerprint density at radius 1 is 1.65 bits per heavy atom. The highest BCUT2D eigenvalue weighted by Crippen LogP contribution is 2.17. The molecule has 17 heavy (non-hydrogen) atoms. The molecule has 2 aromatic heterocycles. The summed E-state index contributed by atoms with van der Waals surface area (Å²) in [7, 11) is 0. The van der Waals surface area contributed by atoms with E-state index in [1.807, 2.05) is 0 Å². The quantitative estimate of drug-likeness (QED) is 0.838. The lowest BCUT2D eigenvalue weighted by Crippen LogP contribution is -2.19. The van der Waals surface area contributed by atoms with Gasteiger partial charge in [-0.1, -0.05) is 5.16 Å². The molecule has 2 aromatic rings. The van der Waals surface area contributed by atoms with Gasteiger partial charge in [-0.15, -0.1) is 0 Å². The van der Waals surface area contributed by atoms with Gasteiger partial charge in [-0.3, -0.25) is 0 Å². The third-order valence-corrected chi connectivity index (χ3v) is 2.01. The fourth-order valence-electron chi connectivity index (χ4n) is 1.08. The molecule has 1 atom stereocenters. The summed E-state index contributed by atoms with van der Waals surface area (Å²) >= 11 is 0. The third kappa shape index (κ3) is 2.70. The van der Waals surface area contributed by atoms with Crippen LogP contribution >= 0.6 is 0 Å². The van der Waals surface area contributed by atoms with Crippen molar-refractivity contribution in [2.24, 2.45) is 0 Å². The van der Waals surface area contributed by atoms with Crippen LogP contribution in [0.4, 0.5) is 0 Å². The fraction of sp³-hybridized carbons (Fsp3) is 0.300. The summed E-state index contributed by atoms with van der Waals surface area (Å²) in [5, 5.41) is 12.3. The first-order valence-corrected chi connectivity index (χ1v) is 4.87. The van der Waals surface area contributed by atoms with E-state index >= 15 is 0 Å². The summed E-state index contributed by atoms with van der Waals surface area (Å²) in [5.41, 5.74) is 0. The van der Waals surface area contributed by atoms with Gasteiger partial charge >= 0.3 is 5.97 Å². The lowest BCUT2D eigenvalue weighted by atomic mass is 10.4. The molecule has 0 unspecified atom stereocenters. The van der Waals surface area contributed by atoms with Crippen LogP contribution < -0.4 is 0 Å². The van der Waals surface area contributed by atoms with Crippen molar-refractivity contribution in [2.75, 3.05) is 0 Å². The van der Waals surface area contributed by atoms with Crippen LogP contribution in [0.3, 0.4) is 0 Å². The van der Waals surface area contributed by atoms with Gasteiger partial charge in [0.05, 0.1) is 6.26 Å². The number of carboxylic acids is 1. The van der Waals surface area contributed by atoms with Crippen molar-refractivity contribution >= 4 is 5.97 Å². The van der Waals surface area contributed by atoms with Crippen LogP contribution in [-0.2, 0) is 16.1 Å². The lowest BCUT2D eigenvalue weighted by molar-refractivity contribution is -0.150. The maximum Gasteiger partial charge on any atom is 0.332 e. The molecule has 2 heterocycles. The number of ether oxygens (including phenoxy) is 1. The monoisotopic (exact) mass is 238 g/mol. The van der Waals surface area contributed by atoms with Gasteiger partial charge in [-0.05, 0) is 19.1 Å². The molecule has 0 spiro atoms. The second-order valence-corrected chi connectivity index (χ2v) is 3.28. The Bertz CT molecular complexity index is 491. The average Bonchev–Trinajstić information content (AvgIpc) is 2.95. The largest absolute Gasteiger partial charge is 0.479 e. The van der Waals surface area contributed by atoms with Crippen molar-refractivity contribution in [3.8, 4) is 11.7 Å². The van der Waals surface area contributed by atoms with E-state index in [1.165, 1.54) is 13.2 Å². The number of aliphatic carboxylic acids is 1. The molecule has 7 heteroatoms. The van der Waals surface area contributed by atoms with Gasteiger partial charge in [-0.25, -0.2) is 4.79 Å². The van der Waals surface area contributed by atoms with Crippen molar-refractivity contribution in [2.45, 2.75) is 19.6 Å². The van der Waals surface area contributed by atoms with Crippen molar-refractivity contribution in [3.63, 3.8) is 0 Å². The van der Waals surface area contributed by atoms with E-state index in [0.717, 1.165) is 0 Å². The van der Waals surface area contributed by atoms with E-state index in [1.54, 1.807) is 12.1 Å². The van der Waals surface area contributed by atoms with Gasteiger partial charge in [0.2, 0.25) is 0 Å². The third-order valence-electron chi connectivity index (χ3n) is 2.01. The summed E-state index contributed by atoms with van der Waals surface area (Å²) < 4.78 is 15.0. The van der Waals surface area contributed by atoms with Crippen molar-refractivity contribution in [1.82, 2.24) is 10.1 Å². The smallest absolute Gasteiger partial charge is 0.332 e. The van der Waals surface area contributed by atoms with E-state index in [-0.39, 0.29) is 18.3 Å². The average molecular weight is 238 g/mol.